The van der Waals surface area contributed by atoms with Gasteiger partial charge in [0.15, 0.2) is 0 Å². The highest BCUT2D eigenvalue weighted by Gasteiger charge is 2.73. The zero-order chi connectivity index (χ0) is 27.1. The van der Waals surface area contributed by atoms with Crippen molar-refractivity contribution in [2.24, 2.45) is 51.2 Å². The first-order valence-electron chi connectivity index (χ1n) is 14.0. The summed E-state index contributed by atoms with van der Waals surface area (Å²) in [6.45, 7) is 16.5. The van der Waals surface area contributed by atoms with E-state index in [4.69, 9.17) is 0 Å². The lowest BCUT2D eigenvalue weighted by Crippen LogP contribution is -2.70. The zero-order valence-corrected chi connectivity index (χ0v) is 23.1. The molecule has 0 bridgehead atoms. The van der Waals surface area contributed by atoms with Crippen LogP contribution in [-0.4, -0.2) is 44.1 Å². The van der Waals surface area contributed by atoms with E-state index in [-0.39, 0.29) is 41.4 Å². The number of carboxylic acids is 2. The fourth-order valence-electron chi connectivity index (χ4n) is 10.7. The van der Waals surface area contributed by atoms with Gasteiger partial charge in [-0.15, -0.1) is 0 Å². The molecule has 6 nitrogen and oxygen atoms in total. The van der Waals surface area contributed by atoms with Crippen LogP contribution >= 0.6 is 0 Å². The van der Waals surface area contributed by atoms with E-state index >= 15 is 0 Å². The first kappa shape index (κ1) is 27.6. The Labute approximate surface area is 216 Å². The summed E-state index contributed by atoms with van der Waals surface area (Å²) in [7, 11) is 0. The summed E-state index contributed by atoms with van der Waals surface area (Å²) in [5.41, 5.74) is -1.95. The molecule has 0 aromatic heterocycles. The van der Waals surface area contributed by atoms with Crippen LogP contribution in [0.2, 0.25) is 0 Å². The third-order valence-corrected chi connectivity index (χ3v) is 12.6. The number of aliphatic hydroxyl groups excluding tert-OH is 1. The van der Waals surface area contributed by atoms with Crippen LogP contribution in [0.15, 0.2) is 12.2 Å². The molecule has 0 aliphatic heterocycles. The van der Waals surface area contributed by atoms with Crippen molar-refractivity contribution in [3.63, 3.8) is 0 Å². The summed E-state index contributed by atoms with van der Waals surface area (Å²) < 4.78 is 0. The van der Waals surface area contributed by atoms with E-state index in [0.29, 0.717) is 25.7 Å². The largest absolute Gasteiger partial charge is 0.481 e. The minimum atomic E-state index is -1.05. The lowest BCUT2D eigenvalue weighted by Gasteiger charge is -2.72. The van der Waals surface area contributed by atoms with Gasteiger partial charge < -0.3 is 20.4 Å². The number of aliphatic hydroxyl groups is 2. The Balaban J connectivity index is 1.83. The van der Waals surface area contributed by atoms with Crippen molar-refractivity contribution in [2.45, 2.75) is 111 Å². The summed E-state index contributed by atoms with van der Waals surface area (Å²) >= 11 is 0. The van der Waals surface area contributed by atoms with E-state index in [1.807, 2.05) is 6.92 Å². The van der Waals surface area contributed by atoms with Gasteiger partial charge in [-0.05, 0) is 113 Å². The highest BCUT2D eigenvalue weighted by molar-refractivity contribution is 5.76. The highest BCUT2D eigenvalue weighted by Crippen LogP contribution is 2.76. The van der Waals surface area contributed by atoms with Crippen molar-refractivity contribution in [2.75, 3.05) is 0 Å². The monoisotopic (exact) mass is 504 g/mol. The SMILES string of the molecule is C=C(C)[C@@H]1CC[C@]2(C(=O)O)CC[C@]3(C)[C@H](CC[C@@H]4[C@@](C)(CCC(=O)O)[C@H](C(C)(C)O)CC(O)[C@]43C)[C@@H]12. The molecule has 0 amide bonds. The Kier molecular flexibility index (Phi) is 6.57. The fraction of sp³-hybridized carbons (Fsp3) is 0.867. The number of hydrogen-bond acceptors (Lipinski definition) is 4. The zero-order valence-electron chi connectivity index (χ0n) is 23.1. The second kappa shape index (κ2) is 8.56. The summed E-state index contributed by atoms with van der Waals surface area (Å²) in [6, 6.07) is 0. The molecule has 36 heavy (non-hydrogen) atoms. The first-order chi connectivity index (χ1) is 16.5. The average molecular weight is 505 g/mol. The van der Waals surface area contributed by atoms with Crippen LogP contribution in [0.4, 0.5) is 0 Å². The smallest absolute Gasteiger partial charge is 0.309 e. The van der Waals surface area contributed by atoms with E-state index in [0.717, 1.165) is 31.3 Å². The third kappa shape index (κ3) is 3.56. The van der Waals surface area contributed by atoms with E-state index < -0.39 is 39.9 Å². The van der Waals surface area contributed by atoms with Gasteiger partial charge in [-0.1, -0.05) is 32.9 Å². The van der Waals surface area contributed by atoms with Gasteiger partial charge >= 0.3 is 11.9 Å². The summed E-state index contributed by atoms with van der Waals surface area (Å²) in [4.78, 5) is 24.5. The van der Waals surface area contributed by atoms with Gasteiger partial charge in [-0.3, -0.25) is 9.59 Å². The van der Waals surface area contributed by atoms with Crippen molar-refractivity contribution in [3.05, 3.63) is 12.2 Å². The summed E-state index contributed by atoms with van der Waals surface area (Å²) in [5, 5.41) is 43.2. The molecule has 0 spiro atoms. The molecule has 10 atom stereocenters. The van der Waals surface area contributed by atoms with E-state index in [1.165, 1.54) is 0 Å². The van der Waals surface area contributed by atoms with E-state index in [2.05, 4.69) is 27.4 Å². The number of allylic oxidation sites excluding steroid dienone is 1. The Morgan fingerprint density at radius 3 is 2.19 bits per heavy atom. The first-order valence-corrected chi connectivity index (χ1v) is 14.0. The van der Waals surface area contributed by atoms with Crippen LogP contribution in [0.25, 0.3) is 0 Å². The number of aliphatic carboxylic acids is 2. The molecule has 0 heterocycles. The second-order valence-corrected chi connectivity index (χ2v) is 14.3. The summed E-state index contributed by atoms with van der Waals surface area (Å²) in [5.74, 6) is -1.37. The predicted octanol–water partition coefficient (Wildman–Crippen LogP) is 5.52. The lowest BCUT2D eigenvalue weighted by molar-refractivity contribution is -0.274. The number of carbonyl (C=O) groups is 2. The molecule has 4 aliphatic carbocycles. The predicted molar refractivity (Wildman–Crippen MR) is 138 cm³/mol. The average Bonchev–Trinajstić information content (AvgIpc) is 3.16. The minimum Gasteiger partial charge on any atom is -0.481 e. The molecular formula is C30H48O6. The maximum atomic E-state index is 12.8. The Morgan fingerprint density at radius 1 is 1.03 bits per heavy atom. The topological polar surface area (TPSA) is 115 Å². The molecule has 4 rings (SSSR count). The van der Waals surface area contributed by atoms with E-state index in [9.17, 15) is 30.0 Å². The van der Waals surface area contributed by atoms with Crippen molar-refractivity contribution < 1.29 is 30.0 Å². The molecule has 6 heteroatoms. The molecule has 4 saturated carbocycles. The van der Waals surface area contributed by atoms with Crippen molar-refractivity contribution >= 4 is 11.9 Å². The van der Waals surface area contributed by atoms with Crippen LogP contribution in [0, 0.1) is 51.2 Å². The van der Waals surface area contributed by atoms with Crippen LogP contribution < -0.4 is 0 Å². The van der Waals surface area contributed by atoms with Crippen LogP contribution in [0.5, 0.6) is 0 Å². The molecule has 4 N–H and O–H groups in total. The normalized spacial score (nSPS) is 48.4. The van der Waals surface area contributed by atoms with Crippen LogP contribution in [0.1, 0.15) is 99.3 Å². The quantitative estimate of drug-likeness (QED) is 0.354. The Hall–Kier alpha value is -1.40. The second-order valence-electron chi connectivity index (χ2n) is 14.3. The van der Waals surface area contributed by atoms with Gasteiger partial charge in [-0.25, -0.2) is 0 Å². The molecule has 1 unspecified atom stereocenters. The Bertz CT molecular complexity index is 936. The van der Waals surface area contributed by atoms with Crippen LogP contribution in [-0.2, 0) is 9.59 Å². The molecule has 0 aromatic carbocycles. The standard InChI is InChI=1S/C30H48O6/c1-17(2)18-10-13-30(25(34)35)15-14-28(6)19(24(18)30)8-9-20-27(5,12-11-23(32)33)21(26(3,4)36)16-22(31)29(20,28)7/h18-22,24,31,36H,1,8-16H2,2-7H3,(H,32,33)(H,34,35)/t18-,19+,20+,21-,22?,24+,27+,28+,29-,30-/m0/s1. The van der Waals surface area contributed by atoms with Crippen molar-refractivity contribution in [3.8, 4) is 0 Å². The highest BCUT2D eigenvalue weighted by atomic mass is 16.4. The van der Waals surface area contributed by atoms with E-state index in [1.54, 1.807) is 13.8 Å². The van der Waals surface area contributed by atoms with Gasteiger partial charge in [-0.2, -0.15) is 0 Å². The van der Waals surface area contributed by atoms with Gasteiger partial charge in [0.05, 0.1) is 17.1 Å². The molecule has 0 aromatic rings. The van der Waals surface area contributed by atoms with Gasteiger partial charge in [0.2, 0.25) is 0 Å². The summed E-state index contributed by atoms with van der Waals surface area (Å²) in [6.07, 6.45) is 4.86. The molecule has 0 radical (unpaired) electrons. The molecule has 4 aliphatic rings. The molecule has 0 saturated heterocycles. The minimum absolute atomic E-state index is 0.00788. The number of carboxylic acid groups (broad SMARTS) is 2. The maximum absolute atomic E-state index is 12.8. The third-order valence-electron chi connectivity index (χ3n) is 12.6. The van der Waals surface area contributed by atoms with Gasteiger partial charge in [0.1, 0.15) is 0 Å². The lowest BCUT2D eigenvalue weighted by atomic mass is 9.33. The number of rotatable bonds is 6. The Morgan fingerprint density at radius 2 is 1.67 bits per heavy atom. The number of fused-ring (bicyclic) bond motifs is 5. The van der Waals surface area contributed by atoms with Crippen LogP contribution in [0.3, 0.4) is 0 Å². The number of hydrogen-bond donors (Lipinski definition) is 4. The fourth-order valence-corrected chi connectivity index (χ4v) is 10.7. The van der Waals surface area contributed by atoms with Crippen molar-refractivity contribution in [1.29, 1.82) is 0 Å². The molecule has 204 valence electrons. The molecular weight excluding hydrogens is 456 g/mol. The van der Waals surface area contributed by atoms with Gasteiger partial charge in [0.25, 0.3) is 0 Å². The maximum Gasteiger partial charge on any atom is 0.309 e. The van der Waals surface area contributed by atoms with Crippen molar-refractivity contribution in [1.82, 2.24) is 0 Å². The van der Waals surface area contributed by atoms with Gasteiger partial charge in [0, 0.05) is 11.8 Å². The molecule has 4 fully saturated rings.